The summed E-state index contributed by atoms with van der Waals surface area (Å²) in [6.07, 6.45) is 0. The second-order valence-corrected chi connectivity index (χ2v) is 10.1. The van der Waals surface area contributed by atoms with Gasteiger partial charge in [-0.05, 0) is 55.5 Å². The Hall–Kier alpha value is -4.46. The van der Waals surface area contributed by atoms with Gasteiger partial charge in [0.15, 0.2) is 0 Å². The smallest absolute Gasteiger partial charge is 0.281 e. The fourth-order valence-corrected chi connectivity index (χ4v) is 5.38. The Morgan fingerprint density at radius 3 is 2.38 bits per heavy atom. The number of hydrogen-bond donors (Lipinski definition) is 0. The van der Waals surface area contributed by atoms with Crippen molar-refractivity contribution in [1.82, 2.24) is 14.8 Å². The number of halogens is 2. The average Bonchev–Trinajstić information content (AvgIpc) is 3.37. The Morgan fingerprint density at radius 1 is 0.846 bits per heavy atom. The molecule has 0 N–H and O–H groups in total. The fourth-order valence-electron chi connectivity index (χ4n) is 5.01. The van der Waals surface area contributed by atoms with Gasteiger partial charge in [0.1, 0.15) is 12.3 Å². The molecule has 39 heavy (non-hydrogen) atoms. The monoisotopic (exact) mass is 551 g/mol. The van der Waals surface area contributed by atoms with Crippen LogP contribution in [0.15, 0.2) is 95.6 Å². The molecule has 3 aromatic carbocycles. The number of anilines is 1. The third-order valence-corrected chi connectivity index (χ3v) is 7.21. The molecule has 0 spiro atoms. The quantitative estimate of drug-likeness (QED) is 0.252. The average molecular weight is 552 g/mol. The number of fused-ring (bicyclic) bond motifs is 3. The third kappa shape index (κ3) is 3.90. The Bertz CT molecular complexity index is 1890. The van der Waals surface area contributed by atoms with Gasteiger partial charge in [-0.15, -0.1) is 0 Å². The number of ether oxygens (including phenoxy) is 1. The molecule has 4 heterocycles. The summed E-state index contributed by atoms with van der Waals surface area (Å²) in [5, 5.41) is 12.9. The van der Waals surface area contributed by atoms with E-state index in [9.17, 15) is 4.79 Å². The van der Waals surface area contributed by atoms with Gasteiger partial charge in [0.05, 0.1) is 39.4 Å². The number of carbonyl (C=O) groups excluding carboxylic acids is 1. The third-order valence-electron chi connectivity index (χ3n) is 6.74. The van der Waals surface area contributed by atoms with Crippen LogP contribution in [-0.2, 0) is 4.79 Å². The van der Waals surface area contributed by atoms with Crippen LogP contribution in [0.3, 0.4) is 0 Å². The molecule has 7 rings (SSSR count). The number of benzene rings is 3. The summed E-state index contributed by atoms with van der Waals surface area (Å²) < 4.78 is 8.06. The summed E-state index contributed by atoms with van der Waals surface area (Å²) in [7, 11) is 0. The number of pyridine rings is 1. The minimum atomic E-state index is -0.288. The molecule has 2 aromatic heterocycles. The van der Waals surface area contributed by atoms with Gasteiger partial charge in [0, 0.05) is 21.0 Å². The number of hydrogen-bond acceptors (Lipinski definition) is 5. The molecule has 1 amide bonds. The van der Waals surface area contributed by atoms with Gasteiger partial charge < -0.3 is 4.74 Å². The van der Waals surface area contributed by atoms with E-state index in [4.69, 9.17) is 38.0 Å². The van der Waals surface area contributed by atoms with Crippen LogP contribution >= 0.6 is 23.2 Å². The van der Waals surface area contributed by atoms with Crippen LogP contribution in [0.2, 0.25) is 10.0 Å². The number of aryl methyl sites for hydroxylation is 1. The topological polar surface area (TPSA) is 72.6 Å². The van der Waals surface area contributed by atoms with Crippen LogP contribution in [0.5, 0.6) is 5.88 Å². The van der Waals surface area contributed by atoms with Crippen molar-refractivity contribution >= 4 is 57.0 Å². The number of aromatic nitrogens is 3. The first-order valence-corrected chi connectivity index (χ1v) is 13.0. The van der Waals surface area contributed by atoms with Crippen molar-refractivity contribution in [2.24, 2.45) is 5.10 Å². The summed E-state index contributed by atoms with van der Waals surface area (Å²) in [6.45, 7) is 1.95. The lowest BCUT2D eigenvalue weighted by Gasteiger charge is -2.15. The molecular weight excluding hydrogens is 533 g/mol. The predicted molar refractivity (Wildman–Crippen MR) is 153 cm³/mol. The highest BCUT2D eigenvalue weighted by Gasteiger charge is 2.40. The van der Waals surface area contributed by atoms with E-state index < -0.39 is 0 Å². The molecule has 0 unspecified atom stereocenters. The summed E-state index contributed by atoms with van der Waals surface area (Å²) in [5.74, 6) is 0.204. The molecular formula is C30H19Cl2N5O2. The number of hydrazone groups is 1. The molecule has 2 aliphatic rings. The van der Waals surface area contributed by atoms with Crippen molar-refractivity contribution < 1.29 is 9.53 Å². The van der Waals surface area contributed by atoms with Crippen LogP contribution in [-0.4, -0.2) is 33.0 Å². The molecule has 0 aliphatic carbocycles. The highest BCUT2D eigenvalue weighted by molar-refractivity contribution is 6.36. The number of rotatable bonds is 3. The molecule has 2 aliphatic heterocycles. The molecule has 7 nitrogen and oxygen atoms in total. The van der Waals surface area contributed by atoms with E-state index in [1.165, 1.54) is 5.01 Å². The van der Waals surface area contributed by atoms with Crippen molar-refractivity contribution in [3.05, 3.63) is 117 Å². The Balaban J connectivity index is 1.50. The Morgan fingerprint density at radius 2 is 1.59 bits per heavy atom. The number of nitrogens with zero attached hydrogens (tertiary/aromatic N) is 5. The molecule has 0 bridgehead atoms. The van der Waals surface area contributed by atoms with E-state index in [1.54, 1.807) is 35.0 Å². The summed E-state index contributed by atoms with van der Waals surface area (Å²) >= 11 is 12.5. The first kappa shape index (κ1) is 23.6. The van der Waals surface area contributed by atoms with Crippen LogP contribution in [0.25, 0.3) is 22.2 Å². The van der Waals surface area contributed by atoms with Gasteiger partial charge >= 0.3 is 0 Å². The van der Waals surface area contributed by atoms with Crippen molar-refractivity contribution in [1.29, 1.82) is 0 Å². The van der Waals surface area contributed by atoms with Crippen molar-refractivity contribution in [2.45, 2.75) is 6.92 Å². The van der Waals surface area contributed by atoms with E-state index >= 15 is 0 Å². The molecule has 5 aromatic rings. The van der Waals surface area contributed by atoms with Gasteiger partial charge in [-0.25, -0.2) is 9.67 Å². The SMILES string of the molecule is Cc1nn(-c2cccc(Cl)c2)c2c1C(c1ccc3ccccc3n1)=C1C(=O)N(c3cccc(Cl)c3)N=C1CO2. The molecule has 0 radical (unpaired) electrons. The molecule has 0 atom stereocenters. The summed E-state index contributed by atoms with van der Waals surface area (Å²) in [5.41, 5.74) is 5.64. The predicted octanol–water partition coefficient (Wildman–Crippen LogP) is 6.63. The zero-order valence-electron chi connectivity index (χ0n) is 20.6. The molecule has 0 saturated carbocycles. The highest BCUT2D eigenvalue weighted by Crippen LogP contribution is 2.42. The Kier molecular flexibility index (Phi) is 5.50. The fraction of sp³-hybridized carbons (Fsp3) is 0.0667. The summed E-state index contributed by atoms with van der Waals surface area (Å²) in [4.78, 5) is 19.0. The van der Waals surface area contributed by atoms with E-state index in [2.05, 4.69) is 5.10 Å². The van der Waals surface area contributed by atoms with Gasteiger partial charge in [-0.3, -0.25) is 4.79 Å². The molecule has 9 heteroatoms. The van der Waals surface area contributed by atoms with Crippen molar-refractivity contribution in [2.75, 3.05) is 11.6 Å². The molecule has 190 valence electrons. The van der Waals surface area contributed by atoms with E-state index in [-0.39, 0.29) is 12.5 Å². The van der Waals surface area contributed by atoms with E-state index in [0.717, 1.165) is 16.6 Å². The zero-order chi connectivity index (χ0) is 26.7. The minimum absolute atomic E-state index is 0.0634. The number of amides is 1. The van der Waals surface area contributed by atoms with Crippen molar-refractivity contribution in [3.8, 4) is 11.6 Å². The highest BCUT2D eigenvalue weighted by atomic mass is 35.5. The van der Waals surface area contributed by atoms with Crippen molar-refractivity contribution in [3.63, 3.8) is 0 Å². The second kappa shape index (κ2) is 9.08. The Labute approximate surface area is 233 Å². The molecule has 0 fully saturated rings. The minimum Gasteiger partial charge on any atom is -0.471 e. The lowest BCUT2D eigenvalue weighted by Crippen LogP contribution is -2.22. The maximum Gasteiger partial charge on any atom is 0.281 e. The number of para-hydroxylation sites is 1. The van der Waals surface area contributed by atoms with E-state index in [1.807, 2.05) is 61.5 Å². The lowest BCUT2D eigenvalue weighted by molar-refractivity contribution is -0.114. The van der Waals surface area contributed by atoms with Gasteiger partial charge in [-0.1, -0.05) is 59.6 Å². The number of carbonyl (C=O) groups is 1. The lowest BCUT2D eigenvalue weighted by atomic mass is 9.94. The first-order chi connectivity index (χ1) is 19.0. The first-order valence-electron chi connectivity index (χ1n) is 12.2. The zero-order valence-corrected chi connectivity index (χ0v) is 22.1. The van der Waals surface area contributed by atoms with Gasteiger partial charge in [0.2, 0.25) is 5.88 Å². The maximum absolute atomic E-state index is 14.1. The molecule has 0 saturated heterocycles. The van der Waals surface area contributed by atoms with Crippen LogP contribution in [0.4, 0.5) is 5.69 Å². The van der Waals surface area contributed by atoms with Gasteiger partial charge in [0.25, 0.3) is 5.91 Å². The summed E-state index contributed by atoms with van der Waals surface area (Å²) in [6, 6.07) is 26.2. The standard InChI is InChI=1S/C30H19Cl2N5O2/c1-17-26-27(24-13-12-18-6-2-3-11-23(18)33-24)28-25(35-36(29(28)38)21-9-4-7-19(31)14-21)16-39-30(26)37(34-17)22-10-5-8-20(32)15-22/h2-15H,16H2,1H3. The maximum atomic E-state index is 14.1. The van der Waals surface area contributed by atoms with Crippen LogP contribution < -0.4 is 9.75 Å². The van der Waals surface area contributed by atoms with E-state index in [0.29, 0.717) is 55.4 Å². The van der Waals surface area contributed by atoms with Crippen LogP contribution in [0.1, 0.15) is 17.0 Å². The largest absolute Gasteiger partial charge is 0.471 e. The second-order valence-electron chi connectivity index (χ2n) is 9.23. The van der Waals surface area contributed by atoms with Gasteiger partial charge in [-0.2, -0.15) is 15.2 Å². The van der Waals surface area contributed by atoms with Crippen LogP contribution in [0, 0.1) is 6.92 Å². The normalized spacial score (nSPS) is 14.7.